The minimum atomic E-state index is -1.14. The average Bonchev–Trinajstić information content (AvgIpc) is 3.66. The van der Waals surface area contributed by atoms with Crippen LogP contribution in [0.15, 0.2) is 41.2 Å². The summed E-state index contributed by atoms with van der Waals surface area (Å²) in [5.74, 6) is -2.11. The third kappa shape index (κ3) is 3.40. The van der Waals surface area contributed by atoms with Gasteiger partial charge in [-0.2, -0.15) is 0 Å². The number of fused-ring (bicyclic) bond motifs is 2. The van der Waals surface area contributed by atoms with Crippen molar-refractivity contribution in [3.05, 3.63) is 85.9 Å². The fraction of sp³-hybridized carbons (Fsp3) is 0.385. The average molecular weight is 445 g/mol. The SMILES string of the molecule is CCOC(=C1CC1)C1=C(c2cc(F)c(F)c(C)c2F)c2ccc(Cl)cc2C2(CC1)CC2. The van der Waals surface area contributed by atoms with E-state index in [1.807, 2.05) is 19.1 Å². The van der Waals surface area contributed by atoms with Crippen molar-refractivity contribution in [2.45, 2.75) is 57.8 Å². The molecule has 2 aromatic carbocycles. The lowest BCUT2D eigenvalue weighted by atomic mass is 9.85. The largest absolute Gasteiger partial charge is 0.494 e. The Morgan fingerprint density at radius 1 is 1.00 bits per heavy atom. The molecule has 3 aliphatic rings. The van der Waals surface area contributed by atoms with Gasteiger partial charge in [-0.15, -0.1) is 0 Å². The van der Waals surface area contributed by atoms with Crippen LogP contribution in [0.4, 0.5) is 13.2 Å². The second kappa shape index (κ2) is 7.44. The lowest BCUT2D eigenvalue weighted by molar-refractivity contribution is 0.234. The maximum Gasteiger partial charge on any atom is 0.164 e. The molecule has 0 atom stereocenters. The molecule has 0 amide bonds. The Morgan fingerprint density at radius 2 is 1.74 bits per heavy atom. The standard InChI is InChI=1S/C26H24ClF3O/c1-3-31-25(15-4-5-15)18-8-9-26(10-11-26)20-12-16(27)6-7-17(20)22(18)19-13-21(28)24(30)14(2)23(19)29/h6-7,12-13H,3-5,8-11H2,1-2H3. The van der Waals surface area contributed by atoms with Gasteiger partial charge in [-0.05, 0) is 98.3 Å². The van der Waals surface area contributed by atoms with Gasteiger partial charge in [0.25, 0.3) is 0 Å². The van der Waals surface area contributed by atoms with Crippen LogP contribution >= 0.6 is 11.6 Å². The summed E-state index contributed by atoms with van der Waals surface area (Å²) >= 11 is 6.36. The number of allylic oxidation sites excluding steroid dienone is 2. The van der Waals surface area contributed by atoms with E-state index in [1.165, 1.54) is 12.5 Å². The molecule has 0 heterocycles. The summed E-state index contributed by atoms with van der Waals surface area (Å²) in [6.07, 6.45) is 5.57. The molecule has 1 nitrogen and oxygen atoms in total. The predicted molar refractivity (Wildman–Crippen MR) is 117 cm³/mol. The van der Waals surface area contributed by atoms with Gasteiger partial charge in [-0.3, -0.25) is 0 Å². The zero-order chi connectivity index (χ0) is 21.9. The van der Waals surface area contributed by atoms with E-state index in [0.717, 1.165) is 60.6 Å². The quantitative estimate of drug-likeness (QED) is 0.345. The van der Waals surface area contributed by atoms with Crippen LogP contribution in [0.1, 0.15) is 67.7 Å². The first-order valence-corrected chi connectivity index (χ1v) is 11.3. The molecule has 0 N–H and O–H groups in total. The Bertz CT molecular complexity index is 1150. The Hall–Kier alpha value is -2.20. The van der Waals surface area contributed by atoms with Gasteiger partial charge in [0.05, 0.1) is 6.61 Å². The Labute approximate surface area is 185 Å². The van der Waals surface area contributed by atoms with Crippen LogP contribution in [0, 0.1) is 24.4 Å². The van der Waals surface area contributed by atoms with Gasteiger partial charge in [0.15, 0.2) is 11.6 Å². The highest BCUT2D eigenvalue weighted by molar-refractivity contribution is 6.30. The fourth-order valence-electron chi connectivity index (χ4n) is 4.91. The van der Waals surface area contributed by atoms with E-state index in [2.05, 4.69) is 0 Å². The zero-order valence-corrected chi connectivity index (χ0v) is 18.4. The van der Waals surface area contributed by atoms with Crippen LogP contribution in [0.5, 0.6) is 0 Å². The third-order valence-corrected chi connectivity index (χ3v) is 7.10. The predicted octanol–water partition coefficient (Wildman–Crippen LogP) is 7.78. The maximum absolute atomic E-state index is 15.5. The molecule has 0 saturated heterocycles. The number of hydrogen-bond donors (Lipinski definition) is 0. The highest BCUT2D eigenvalue weighted by atomic mass is 35.5. The van der Waals surface area contributed by atoms with Crippen molar-refractivity contribution in [2.75, 3.05) is 6.61 Å². The minimum Gasteiger partial charge on any atom is -0.494 e. The van der Waals surface area contributed by atoms with Gasteiger partial charge in [-0.1, -0.05) is 17.7 Å². The fourth-order valence-corrected chi connectivity index (χ4v) is 5.09. The van der Waals surface area contributed by atoms with Crippen molar-refractivity contribution in [3.8, 4) is 0 Å². The normalized spacial score (nSPS) is 18.7. The van der Waals surface area contributed by atoms with Gasteiger partial charge in [0.2, 0.25) is 0 Å². The van der Waals surface area contributed by atoms with Crippen molar-refractivity contribution < 1.29 is 17.9 Å². The third-order valence-electron chi connectivity index (χ3n) is 6.86. The molecule has 0 aromatic heterocycles. The van der Waals surface area contributed by atoms with Crippen LogP contribution in [0.25, 0.3) is 5.57 Å². The summed E-state index contributed by atoms with van der Waals surface area (Å²) in [5, 5.41) is 0.625. The summed E-state index contributed by atoms with van der Waals surface area (Å²) in [4.78, 5) is 0. The first-order chi connectivity index (χ1) is 14.9. The van der Waals surface area contributed by atoms with Crippen LogP contribution in [-0.4, -0.2) is 6.61 Å². The van der Waals surface area contributed by atoms with E-state index in [9.17, 15) is 8.78 Å². The lowest BCUT2D eigenvalue weighted by Gasteiger charge is -2.21. The number of ether oxygens (including phenoxy) is 1. The molecule has 2 saturated carbocycles. The maximum atomic E-state index is 15.5. The van der Waals surface area contributed by atoms with E-state index in [1.54, 1.807) is 6.07 Å². The molecule has 5 rings (SSSR count). The number of hydrogen-bond acceptors (Lipinski definition) is 1. The van der Waals surface area contributed by atoms with Crippen molar-refractivity contribution in [2.24, 2.45) is 0 Å². The molecule has 1 spiro atoms. The molecule has 3 aliphatic carbocycles. The van der Waals surface area contributed by atoms with Gasteiger partial charge in [-0.25, -0.2) is 13.2 Å². The van der Waals surface area contributed by atoms with Crippen LogP contribution in [0.2, 0.25) is 5.02 Å². The lowest BCUT2D eigenvalue weighted by Crippen LogP contribution is -2.08. The van der Waals surface area contributed by atoms with Crippen molar-refractivity contribution in [3.63, 3.8) is 0 Å². The minimum absolute atomic E-state index is 0.00285. The molecule has 0 unspecified atom stereocenters. The highest BCUT2D eigenvalue weighted by Crippen LogP contribution is 2.58. The molecule has 31 heavy (non-hydrogen) atoms. The highest BCUT2D eigenvalue weighted by Gasteiger charge is 2.48. The second-order valence-corrected chi connectivity index (χ2v) is 9.28. The molecule has 162 valence electrons. The van der Waals surface area contributed by atoms with Gasteiger partial charge in [0, 0.05) is 21.7 Å². The molecule has 2 fully saturated rings. The second-order valence-electron chi connectivity index (χ2n) is 8.85. The topological polar surface area (TPSA) is 9.23 Å². The van der Waals surface area contributed by atoms with Gasteiger partial charge >= 0.3 is 0 Å². The monoisotopic (exact) mass is 444 g/mol. The first-order valence-electron chi connectivity index (χ1n) is 10.9. The summed E-state index contributed by atoms with van der Waals surface area (Å²) in [6.45, 7) is 3.70. The molecular formula is C26H24ClF3O. The van der Waals surface area contributed by atoms with Crippen LogP contribution < -0.4 is 0 Å². The summed E-state index contributed by atoms with van der Waals surface area (Å²) in [6, 6.07) is 6.64. The number of rotatable bonds is 4. The van der Waals surface area contributed by atoms with Crippen molar-refractivity contribution in [1.82, 2.24) is 0 Å². The van der Waals surface area contributed by atoms with E-state index < -0.39 is 17.5 Å². The Morgan fingerprint density at radius 3 is 2.39 bits per heavy atom. The Kier molecular flexibility index (Phi) is 4.97. The van der Waals surface area contributed by atoms with Crippen LogP contribution in [-0.2, 0) is 10.2 Å². The van der Waals surface area contributed by atoms with Crippen molar-refractivity contribution in [1.29, 1.82) is 0 Å². The Balaban J connectivity index is 1.86. The molecule has 0 bridgehead atoms. The van der Waals surface area contributed by atoms with Gasteiger partial charge < -0.3 is 4.74 Å². The van der Waals surface area contributed by atoms with Crippen LogP contribution in [0.3, 0.4) is 0 Å². The van der Waals surface area contributed by atoms with Gasteiger partial charge in [0.1, 0.15) is 11.6 Å². The van der Waals surface area contributed by atoms with E-state index in [4.69, 9.17) is 16.3 Å². The summed E-state index contributed by atoms with van der Waals surface area (Å²) in [7, 11) is 0. The first kappa shape index (κ1) is 20.7. The zero-order valence-electron chi connectivity index (χ0n) is 17.7. The van der Waals surface area contributed by atoms with E-state index in [-0.39, 0.29) is 16.5 Å². The van der Waals surface area contributed by atoms with E-state index in [0.29, 0.717) is 23.6 Å². The molecule has 0 aliphatic heterocycles. The summed E-state index contributed by atoms with van der Waals surface area (Å²) in [5.41, 5.74) is 4.41. The summed E-state index contributed by atoms with van der Waals surface area (Å²) < 4.78 is 50.2. The molecule has 2 aromatic rings. The molecular weight excluding hydrogens is 421 g/mol. The van der Waals surface area contributed by atoms with Crippen molar-refractivity contribution >= 4 is 17.2 Å². The molecule has 5 heteroatoms. The molecule has 0 radical (unpaired) electrons. The smallest absolute Gasteiger partial charge is 0.164 e. The van der Waals surface area contributed by atoms with E-state index >= 15 is 4.39 Å². The number of halogens is 4. The number of benzene rings is 2.